The van der Waals surface area contributed by atoms with Gasteiger partial charge in [0.1, 0.15) is 21.8 Å². The summed E-state index contributed by atoms with van der Waals surface area (Å²) in [6, 6.07) is 21.9. The summed E-state index contributed by atoms with van der Waals surface area (Å²) in [4.78, 5) is 32.1. The minimum absolute atomic E-state index is 0.111. The van der Waals surface area contributed by atoms with E-state index in [1.807, 2.05) is 48.5 Å². The van der Waals surface area contributed by atoms with Gasteiger partial charge in [-0.25, -0.2) is 4.98 Å². The number of benzene rings is 3. The van der Waals surface area contributed by atoms with Crippen molar-refractivity contribution in [1.82, 2.24) is 9.55 Å². The van der Waals surface area contributed by atoms with E-state index in [-0.39, 0.29) is 22.9 Å². The van der Waals surface area contributed by atoms with Crippen LogP contribution in [-0.2, 0) is 6.54 Å². The molecule has 0 aliphatic heterocycles. The predicted octanol–water partition coefficient (Wildman–Crippen LogP) is 5.35. The van der Waals surface area contributed by atoms with Crippen molar-refractivity contribution in [2.24, 2.45) is 0 Å². The summed E-state index contributed by atoms with van der Waals surface area (Å²) >= 11 is 7.41. The van der Waals surface area contributed by atoms with Crippen LogP contribution in [0.25, 0.3) is 31.7 Å². The Bertz CT molecular complexity index is 1570. The van der Waals surface area contributed by atoms with E-state index in [1.165, 1.54) is 11.3 Å². The number of fused-ring (bicyclic) bond motifs is 2. The van der Waals surface area contributed by atoms with Gasteiger partial charge in [0.2, 0.25) is 5.43 Å². The standard InChI is InChI=1S/C25H17ClN2O3S/c1-31-18-12-6-15(7-13-18)14-28-23(16-8-10-17(26)11-9-16)27-24-21(25(28)30)22(29)19-4-2-3-5-20(19)32-24/h2-13H,14H2,1H3. The lowest BCUT2D eigenvalue weighted by Crippen LogP contribution is -2.27. The second kappa shape index (κ2) is 8.22. The molecule has 0 aliphatic carbocycles. The first kappa shape index (κ1) is 20.4. The molecule has 5 aromatic rings. The molecule has 2 aromatic heterocycles. The first-order valence-electron chi connectivity index (χ1n) is 9.90. The third kappa shape index (κ3) is 3.57. The molecule has 0 unspecified atom stereocenters. The largest absolute Gasteiger partial charge is 0.497 e. The number of hydrogen-bond donors (Lipinski definition) is 0. The Balaban J connectivity index is 1.80. The van der Waals surface area contributed by atoms with E-state index in [1.54, 1.807) is 35.9 Å². The summed E-state index contributed by atoms with van der Waals surface area (Å²) in [7, 11) is 1.60. The monoisotopic (exact) mass is 460 g/mol. The van der Waals surface area contributed by atoms with Crippen LogP contribution in [0, 0.1) is 0 Å². The fraction of sp³-hybridized carbons (Fsp3) is 0.0800. The van der Waals surface area contributed by atoms with Crippen LogP contribution in [0.4, 0.5) is 0 Å². The molecule has 5 nitrogen and oxygen atoms in total. The second-order valence-electron chi connectivity index (χ2n) is 7.29. The van der Waals surface area contributed by atoms with Gasteiger partial charge >= 0.3 is 0 Å². The Morgan fingerprint density at radius 2 is 1.69 bits per heavy atom. The lowest BCUT2D eigenvalue weighted by atomic mass is 10.1. The molecule has 0 atom stereocenters. The maximum absolute atomic E-state index is 13.7. The average molecular weight is 461 g/mol. The maximum Gasteiger partial charge on any atom is 0.266 e. The normalized spacial score (nSPS) is 11.2. The van der Waals surface area contributed by atoms with Crippen LogP contribution in [0.2, 0.25) is 5.02 Å². The van der Waals surface area contributed by atoms with Crippen LogP contribution in [0.15, 0.2) is 82.4 Å². The number of methoxy groups -OCH3 is 1. The zero-order chi connectivity index (χ0) is 22.2. The summed E-state index contributed by atoms with van der Waals surface area (Å²) in [5, 5.41) is 1.23. The SMILES string of the molecule is COc1ccc(Cn2c(-c3ccc(Cl)cc3)nc3sc4ccccc4c(=O)c3c2=O)cc1. The van der Waals surface area contributed by atoms with Gasteiger partial charge in [0.25, 0.3) is 5.56 Å². The smallest absolute Gasteiger partial charge is 0.266 e. The fourth-order valence-corrected chi connectivity index (χ4v) is 4.83. The van der Waals surface area contributed by atoms with Gasteiger partial charge in [0.05, 0.1) is 13.7 Å². The van der Waals surface area contributed by atoms with Gasteiger partial charge in [-0.2, -0.15) is 0 Å². The zero-order valence-electron chi connectivity index (χ0n) is 17.0. The van der Waals surface area contributed by atoms with Gasteiger partial charge in [-0.15, -0.1) is 11.3 Å². The van der Waals surface area contributed by atoms with Crippen molar-refractivity contribution in [1.29, 1.82) is 0 Å². The molecule has 0 spiro atoms. The third-order valence-electron chi connectivity index (χ3n) is 5.30. The highest BCUT2D eigenvalue weighted by Gasteiger charge is 2.18. The van der Waals surface area contributed by atoms with Gasteiger partial charge in [-0.3, -0.25) is 14.2 Å². The predicted molar refractivity (Wildman–Crippen MR) is 130 cm³/mol. The van der Waals surface area contributed by atoms with Crippen LogP contribution in [0.1, 0.15) is 5.56 Å². The summed E-state index contributed by atoms with van der Waals surface area (Å²) < 4.78 is 7.58. The van der Waals surface area contributed by atoms with Crippen molar-refractivity contribution in [2.75, 3.05) is 7.11 Å². The minimum Gasteiger partial charge on any atom is -0.497 e. The molecule has 0 saturated carbocycles. The topological polar surface area (TPSA) is 61.2 Å². The summed E-state index contributed by atoms with van der Waals surface area (Å²) in [6.07, 6.45) is 0. The molecule has 0 saturated heterocycles. The van der Waals surface area contributed by atoms with E-state index in [9.17, 15) is 9.59 Å². The summed E-state index contributed by atoms with van der Waals surface area (Å²) in [5.74, 6) is 1.21. The minimum atomic E-state index is -0.359. The van der Waals surface area contributed by atoms with Crippen molar-refractivity contribution in [3.63, 3.8) is 0 Å². The van der Waals surface area contributed by atoms with E-state index in [4.69, 9.17) is 21.3 Å². The molecule has 5 rings (SSSR count). The number of halogens is 1. The molecule has 7 heteroatoms. The van der Waals surface area contributed by atoms with Crippen LogP contribution in [0.3, 0.4) is 0 Å². The number of aromatic nitrogens is 2. The van der Waals surface area contributed by atoms with Gasteiger partial charge in [-0.05, 0) is 54.1 Å². The van der Waals surface area contributed by atoms with Crippen molar-refractivity contribution in [2.45, 2.75) is 6.54 Å². The van der Waals surface area contributed by atoms with E-state index >= 15 is 0 Å². The zero-order valence-corrected chi connectivity index (χ0v) is 18.6. The third-order valence-corrected chi connectivity index (χ3v) is 6.62. The van der Waals surface area contributed by atoms with Crippen molar-refractivity contribution < 1.29 is 4.74 Å². The number of ether oxygens (including phenoxy) is 1. The first-order valence-corrected chi connectivity index (χ1v) is 11.1. The van der Waals surface area contributed by atoms with E-state index in [2.05, 4.69) is 0 Å². The maximum atomic E-state index is 13.7. The number of hydrogen-bond acceptors (Lipinski definition) is 5. The van der Waals surface area contributed by atoms with E-state index < -0.39 is 0 Å². The van der Waals surface area contributed by atoms with E-state index in [0.29, 0.717) is 21.1 Å². The Morgan fingerprint density at radius 1 is 0.969 bits per heavy atom. The Labute approximate surface area is 192 Å². The summed E-state index contributed by atoms with van der Waals surface area (Å²) in [6.45, 7) is 0.265. The van der Waals surface area contributed by atoms with Crippen molar-refractivity contribution in [3.8, 4) is 17.1 Å². The highest BCUT2D eigenvalue weighted by Crippen LogP contribution is 2.26. The van der Waals surface area contributed by atoms with Crippen LogP contribution < -0.4 is 15.7 Å². The summed E-state index contributed by atoms with van der Waals surface area (Å²) in [5.41, 5.74) is 0.983. The van der Waals surface area contributed by atoms with Crippen molar-refractivity contribution in [3.05, 3.63) is 104 Å². The van der Waals surface area contributed by atoms with Crippen molar-refractivity contribution >= 4 is 43.2 Å². The van der Waals surface area contributed by atoms with Crippen LogP contribution in [-0.4, -0.2) is 16.7 Å². The van der Waals surface area contributed by atoms with Crippen LogP contribution in [0.5, 0.6) is 5.75 Å². The first-order chi connectivity index (χ1) is 15.5. The molecule has 0 bridgehead atoms. The molecule has 0 aliphatic rings. The molecule has 158 valence electrons. The lowest BCUT2D eigenvalue weighted by Gasteiger charge is -2.14. The lowest BCUT2D eigenvalue weighted by molar-refractivity contribution is 0.414. The highest BCUT2D eigenvalue weighted by atomic mass is 35.5. The van der Waals surface area contributed by atoms with Gasteiger partial charge in [0.15, 0.2) is 0 Å². The highest BCUT2D eigenvalue weighted by molar-refractivity contribution is 7.24. The molecule has 0 N–H and O–H groups in total. The second-order valence-corrected chi connectivity index (χ2v) is 8.76. The Morgan fingerprint density at radius 3 is 2.41 bits per heavy atom. The van der Waals surface area contributed by atoms with E-state index in [0.717, 1.165) is 21.6 Å². The van der Waals surface area contributed by atoms with Gasteiger partial charge in [-0.1, -0.05) is 35.9 Å². The molecular formula is C25H17ClN2O3S. The molecule has 32 heavy (non-hydrogen) atoms. The molecular weight excluding hydrogens is 444 g/mol. The molecule has 0 fully saturated rings. The van der Waals surface area contributed by atoms with Gasteiger partial charge < -0.3 is 4.74 Å². The molecule has 0 amide bonds. The molecule has 2 heterocycles. The quantitative estimate of drug-likeness (QED) is 0.339. The molecule has 0 radical (unpaired) electrons. The number of nitrogens with zero attached hydrogens (tertiary/aromatic N) is 2. The average Bonchev–Trinajstić information content (AvgIpc) is 2.82. The Hall–Kier alpha value is -3.48. The fourth-order valence-electron chi connectivity index (χ4n) is 3.66. The molecule has 3 aromatic carbocycles. The number of rotatable bonds is 4. The Kier molecular flexibility index (Phi) is 5.25. The van der Waals surface area contributed by atoms with Crippen LogP contribution >= 0.6 is 22.9 Å². The van der Waals surface area contributed by atoms with Gasteiger partial charge in [0, 0.05) is 20.7 Å².